The summed E-state index contributed by atoms with van der Waals surface area (Å²) in [4.78, 5) is 2.26. The molecule has 8 nitrogen and oxygen atoms in total. The number of tetrazole rings is 1. The van der Waals surface area contributed by atoms with Crippen molar-refractivity contribution in [1.29, 1.82) is 0 Å². The minimum atomic E-state index is -0.247. The van der Waals surface area contributed by atoms with Gasteiger partial charge in [-0.05, 0) is 23.3 Å². The minimum Gasteiger partial charge on any atom is -0.381 e. The molecular formula is C16H29N5O3. The van der Waals surface area contributed by atoms with Gasteiger partial charge in [-0.25, -0.2) is 4.68 Å². The van der Waals surface area contributed by atoms with Crippen LogP contribution in [0.2, 0.25) is 0 Å². The molecule has 2 unspecified atom stereocenters. The standard InChI is InChI=1S/C16H29N5O3/c1-4-13-10-20(11-14(5-2)24-13)15-17-18-19-21(15)12-16(22-3)6-8-23-9-7-16/h13-14H,4-12H2,1-3H3. The van der Waals surface area contributed by atoms with E-state index in [4.69, 9.17) is 14.2 Å². The predicted molar refractivity (Wildman–Crippen MR) is 89.1 cm³/mol. The second-order valence-corrected chi connectivity index (χ2v) is 6.74. The van der Waals surface area contributed by atoms with Gasteiger partial charge >= 0.3 is 0 Å². The second-order valence-electron chi connectivity index (χ2n) is 6.74. The molecule has 0 aliphatic carbocycles. The molecule has 0 bridgehead atoms. The summed E-state index contributed by atoms with van der Waals surface area (Å²) in [5.74, 6) is 0.818. The summed E-state index contributed by atoms with van der Waals surface area (Å²) in [6.07, 6.45) is 4.17. The van der Waals surface area contributed by atoms with Crippen LogP contribution in [-0.4, -0.2) is 71.4 Å². The van der Waals surface area contributed by atoms with E-state index in [9.17, 15) is 0 Å². The van der Waals surface area contributed by atoms with Crippen molar-refractivity contribution in [2.45, 2.75) is 63.9 Å². The Labute approximate surface area is 143 Å². The van der Waals surface area contributed by atoms with Gasteiger partial charge in [-0.1, -0.05) is 18.9 Å². The van der Waals surface area contributed by atoms with Crippen LogP contribution in [0.3, 0.4) is 0 Å². The van der Waals surface area contributed by atoms with E-state index < -0.39 is 0 Å². The number of aromatic nitrogens is 4. The maximum atomic E-state index is 6.08. The summed E-state index contributed by atoms with van der Waals surface area (Å²) in [6.45, 7) is 8.07. The van der Waals surface area contributed by atoms with Crippen molar-refractivity contribution in [3.63, 3.8) is 0 Å². The number of hydrogen-bond donors (Lipinski definition) is 0. The summed E-state index contributed by atoms with van der Waals surface area (Å²) < 4.78 is 19.3. The maximum Gasteiger partial charge on any atom is 0.245 e. The third-order valence-electron chi connectivity index (χ3n) is 5.21. The lowest BCUT2D eigenvalue weighted by atomic mass is 9.94. The molecule has 2 aliphatic rings. The zero-order valence-corrected chi connectivity index (χ0v) is 15.0. The predicted octanol–water partition coefficient (Wildman–Crippen LogP) is 1.26. The highest BCUT2D eigenvalue weighted by Gasteiger charge is 2.36. The molecule has 0 N–H and O–H groups in total. The SMILES string of the molecule is CCC1CN(c2nnnn2CC2(OC)CCOCC2)CC(CC)O1. The van der Waals surface area contributed by atoms with E-state index in [2.05, 4.69) is 34.3 Å². The molecule has 0 aromatic carbocycles. The van der Waals surface area contributed by atoms with Crippen molar-refractivity contribution < 1.29 is 14.2 Å². The molecule has 0 spiro atoms. The van der Waals surface area contributed by atoms with Gasteiger partial charge in [0.25, 0.3) is 0 Å². The summed E-state index contributed by atoms with van der Waals surface area (Å²) in [6, 6.07) is 0. The van der Waals surface area contributed by atoms with Crippen molar-refractivity contribution in [3.8, 4) is 0 Å². The molecule has 1 aromatic heterocycles. The molecule has 0 radical (unpaired) electrons. The van der Waals surface area contributed by atoms with Gasteiger partial charge in [-0.2, -0.15) is 0 Å². The third-order valence-corrected chi connectivity index (χ3v) is 5.21. The van der Waals surface area contributed by atoms with Crippen LogP contribution < -0.4 is 4.90 Å². The highest BCUT2D eigenvalue weighted by molar-refractivity contribution is 5.30. The topological polar surface area (TPSA) is 74.5 Å². The molecule has 3 heterocycles. The number of hydrogen-bond acceptors (Lipinski definition) is 7. The Hall–Kier alpha value is -1.25. The zero-order valence-electron chi connectivity index (χ0n) is 15.0. The average Bonchev–Trinajstić information content (AvgIpc) is 3.09. The van der Waals surface area contributed by atoms with Crippen LogP contribution in [0.1, 0.15) is 39.5 Å². The van der Waals surface area contributed by atoms with E-state index in [0.717, 1.165) is 57.9 Å². The van der Waals surface area contributed by atoms with Crippen molar-refractivity contribution in [2.75, 3.05) is 38.3 Å². The van der Waals surface area contributed by atoms with E-state index in [1.807, 2.05) is 4.68 Å². The van der Waals surface area contributed by atoms with Crippen LogP contribution in [0, 0.1) is 0 Å². The smallest absolute Gasteiger partial charge is 0.245 e. The van der Waals surface area contributed by atoms with Crippen LogP contribution in [-0.2, 0) is 20.8 Å². The Bertz CT molecular complexity index is 506. The Balaban J connectivity index is 1.76. The van der Waals surface area contributed by atoms with E-state index in [1.165, 1.54) is 0 Å². The van der Waals surface area contributed by atoms with Crippen molar-refractivity contribution in [2.24, 2.45) is 0 Å². The molecule has 1 aromatic rings. The van der Waals surface area contributed by atoms with E-state index in [0.29, 0.717) is 6.54 Å². The fraction of sp³-hybridized carbons (Fsp3) is 0.938. The molecule has 0 saturated carbocycles. The van der Waals surface area contributed by atoms with Gasteiger partial charge in [0.05, 0.1) is 24.4 Å². The summed E-state index contributed by atoms with van der Waals surface area (Å²) in [7, 11) is 1.77. The number of ether oxygens (including phenoxy) is 3. The van der Waals surface area contributed by atoms with Crippen LogP contribution in [0.25, 0.3) is 0 Å². The third kappa shape index (κ3) is 3.70. The van der Waals surface area contributed by atoms with Gasteiger partial charge in [0.15, 0.2) is 0 Å². The lowest BCUT2D eigenvalue weighted by Gasteiger charge is -2.39. The molecule has 2 atom stereocenters. The monoisotopic (exact) mass is 339 g/mol. The first-order valence-corrected chi connectivity index (χ1v) is 8.99. The van der Waals surface area contributed by atoms with Crippen molar-refractivity contribution in [3.05, 3.63) is 0 Å². The van der Waals surface area contributed by atoms with Gasteiger partial charge in [-0.15, -0.1) is 0 Å². The largest absolute Gasteiger partial charge is 0.381 e. The van der Waals surface area contributed by atoms with Crippen molar-refractivity contribution in [1.82, 2.24) is 20.2 Å². The van der Waals surface area contributed by atoms with Gasteiger partial charge in [-0.3, -0.25) is 0 Å². The molecule has 0 amide bonds. The molecule has 2 saturated heterocycles. The molecule has 2 aliphatic heterocycles. The highest BCUT2D eigenvalue weighted by Crippen LogP contribution is 2.28. The van der Waals surface area contributed by atoms with E-state index >= 15 is 0 Å². The number of nitrogens with zero attached hydrogens (tertiary/aromatic N) is 5. The van der Waals surface area contributed by atoms with Crippen LogP contribution >= 0.6 is 0 Å². The average molecular weight is 339 g/mol. The first-order valence-electron chi connectivity index (χ1n) is 8.99. The van der Waals surface area contributed by atoms with Crippen LogP contribution in [0.15, 0.2) is 0 Å². The molecule has 8 heteroatoms. The Kier molecular flexibility index (Phi) is 5.68. The number of morpholine rings is 1. The Morgan fingerprint density at radius 3 is 2.42 bits per heavy atom. The van der Waals surface area contributed by atoms with Gasteiger partial charge in [0, 0.05) is 46.3 Å². The number of anilines is 1. The summed E-state index contributed by atoms with van der Waals surface area (Å²) in [5.41, 5.74) is -0.247. The lowest BCUT2D eigenvalue weighted by molar-refractivity contribution is -0.100. The first kappa shape index (κ1) is 17.6. The lowest BCUT2D eigenvalue weighted by Crippen LogP contribution is -2.49. The van der Waals surface area contributed by atoms with Gasteiger partial charge in [0.1, 0.15) is 0 Å². The molecule has 136 valence electrons. The van der Waals surface area contributed by atoms with Crippen LogP contribution in [0.5, 0.6) is 0 Å². The van der Waals surface area contributed by atoms with Crippen LogP contribution in [0.4, 0.5) is 5.95 Å². The molecule has 24 heavy (non-hydrogen) atoms. The Morgan fingerprint density at radius 1 is 1.17 bits per heavy atom. The highest BCUT2D eigenvalue weighted by atomic mass is 16.5. The van der Waals surface area contributed by atoms with Gasteiger partial charge < -0.3 is 19.1 Å². The minimum absolute atomic E-state index is 0.230. The normalized spacial score (nSPS) is 27.4. The Morgan fingerprint density at radius 2 is 1.83 bits per heavy atom. The van der Waals surface area contributed by atoms with Gasteiger partial charge in [0.2, 0.25) is 5.95 Å². The number of rotatable bonds is 6. The van der Waals surface area contributed by atoms with Crippen molar-refractivity contribution >= 4 is 5.95 Å². The van der Waals surface area contributed by atoms with E-state index in [-0.39, 0.29) is 17.8 Å². The van der Waals surface area contributed by atoms with E-state index in [1.54, 1.807) is 7.11 Å². The fourth-order valence-corrected chi connectivity index (χ4v) is 3.51. The molecule has 2 fully saturated rings. The molecular weight excluding hydrogens is 310 g/mol. The number of methoxy groups -OCH3 is 1. The molecule has 3 rings (SSSR count). The summed E-state index contributed by atoms with van der Waals surface area (Å²) >= 11 is 0. The second kappa shape index (κ2) is 7.76. The fourth-order valence-electron chi connectivity index (χ4n) is 3.51. The quantitative estimate of drug-likeness (QED) is 0.772. The first-order chi connectivity index (χ1) is 11.7. The zero-order chi connectivity index (χ0) is 17.0. The summed E-state index contributed by atoms with van der Waals surface area (Å²) in [5, 5.41) is 12.4. The maximum absolute atomic E-state index is 6.08.